The quantitative estimate of drug-likeness (QED) is 0.365. The van der Waals surface area contributed by atoms with E-state index in [-0.39, 0.29) is 6.29 Å². The first-order valence-corrected chi connectivity index (χ1v) is 5.73. The van der Waals surface area contributed by atoms with Crippen molar-refractivity contribution in [1.29, 1.82) is 0 Å². The molecule has 0 aliphatic heterocycles. The Kier molecular flexibility index (Phi) is 6.31. The molecule has 7 nitrogen and oxygen atoms in total. The SMILES string of the molecule is COCCSc1nnnn1CC(OC)OC. The summed E-state index contributed by atoms with van der Waals surface area (Å²) < 4.78 is 16.8. The van der Waals surface area contributed by atoms with Crippen LogP contribution in [0.25, 0.3) is 0 Å². The number of aromatic nitrogens is 4. The fourth-order valence-corrected chi connectivity index (χ4v) is 1.80. The zero-order chi connectivity index (χ0) is 11.8. The third kappa shape index (κ3) is 4.05. The first-order chi connectivity index (χ1) is 7.81. The lowest BCUT2D eigenvalue weighted by Gasteiger charge is -2.13. The average molecular weight is 248 g/mol. The van der Waals surface area contributed by atoms with E-state index in [1.165, 1.54) is 11.8 Å². The van der Waals surface area contributed by atoms with Crippen LogP contribution in [-0.4, -0.2) is 60.2 Å². The fourth-order valence-electron chi connectivity index (χ4n) is 1.02. The number of ether oxygens (including phenoxy) is 3. The van der Waals surface area contributed by atoms with E-state index in [1.807, 2.05) is 0 Å². The number of nitrogens with zero attached hydrogens (tertiary/aromatic N) is 4. The Hall–Kier alpha value is -0.700. The molecule has 0 radical (unpaired) electrons. The molecule has 0 saturated carbocycles. The summed E-state index contributed by atoms with van der Waals surface area (Å²) >= 11 is 1.53. The Morgan fingerprint density at radius 3 is 2.69 bits per heavy atom. The van der Waals surface area contributed by atoms with Crippen LogP contribution in [0.4, 0.5) is 0 Å². The molecule has 92 valence electrons. The minimum atomic E-state index is -0.342. The molecule has 0 aliphatic rings. The summed E-state index contributed by atoms with van der Waals surface area (Å²) in [6.07, 6.45) is -0.342. The van der Waals surface area contributed by atoms with Gasteiger partial charge in [0.05, 0.1) is 13.2 Å². The second kappa shape index (κ2) is 7.55. The maximum Gasteiger partial charge on any atom is 0.209 e. The van der Waals surface area contributed by atoms with Gasteiger partial charge in [-0.25, -0.2) is 4.68 Å². The van der Waals surface area contributed by atoms with Crippen LogP contribution < -0.4 is 0 Å². The molecule has 0 aliphatic carbocycles. The van der Waals surface area contributed by atoms with E-state index in [9.17, 15) is 0 Å². The second-order valence-electron chi connectivity index (χ2n) is 2.89. The number of hydrogen-bond acceptors (Lipinski definition) is 7. The smallest absolute Gasteiger partial charge is 0.209 e. The normalized spacial score (nSPS) is 11.2. The van der Waals surface area contributed by atoms with Crippen molar-refractivity contribution in [3.8, 4) is 0 Å². The van der Waals surface area contributed by atoms with Gasteiger partial charge in [-0.2, -0.15) is 0 Å². The molecule has 0 unspecified atom stereocenters. The fraction of sp³-hybridized carbons (Fsp3) is 0.875. The molecule has 0 aromatic carbocycles. The van der Waals surface area contributed by atoms with Crippen molar-refractivity contribution in [2.75, 3.05) is 33.7 Å². The van der Waals surface area contributed by atoms with E-state index >= 15 is 0 Å². The molecule has 0 N–H and O–H groups in total. The van der Waals surface area contributed by atoms with Gasteiger partial charge in [0.25, 0.3) is 0 Å². The van der Waals surface area contributed by atoms with Crippen molar-refractivity contribution < 1.29 is 14.2 Å². The molecule has 0 saturated heterocycles. The lowest BCUT2D eigenvalue weighted by molar-refractivity contribution is -0.113. The molecule has 1 aromatic rings. The maximum absolute atomic E-state index is 5.08. The van der Waals surface area contributed by atoms with Crippen LogP contribution >= 0.6 is 11.8 Å². The zero-order valence-electron chi connectivity index (χ0n) is 9.62. The highest BCUT2D eigenvalue weighted by atomic mass is 32.2. The predicted molar refractivity (Wildman–Crippen MR) is 58.2 cm³/mol. The van der Waals surface area contributed by atoms with Gasteiger partial charge in [-0.1, -0.05) is 11.8 Å². The van der Waals surface area contributed by atoms with Gasteiger partial charge in [-0.3, -0.25) is 0 Å². The van der Waals surface area contributed by atoms with Crippen LogP contribution in [0.15, 0.2) is 5.16 Å². The summed E-state index contributed by atoms with van der Waals surface area (Å²) in [6, 6.07) is 0. The Morgan fingerprint density at radius 1 is 1.31 bits per heavy atom. The molecule has 0 amide bonds. The Balaban J connectivity index is 2.49. The van der Waals surface area contributed by atoms with Gasteiger partial charge in [0, 0.05) is 27.1 Å². The Morgan fingerprint density at radius 2 is 2.06 bits per heavy atom. The summed E-state index contributed by atoms with van der Waals surface area (Å²) in [5.41, 5.74) is 0. The lowest BCUT2D eigenvalue weighted by atomic mass is 10.6. The predicted octanol–water partition coefficient (Wildman–Crippen LogP) is 0.0305. The number of thioether (sulfide) groups is 1. The molecular formula is C8H16N4O3S. The van der Waals surface area contributed by atoms with Crippen molar-refractivity contribution >= 4 is 11.8 Å². The number of rotatable bonds is 8. The third-order valence-corrected chi connectivity index (χ3v) is 2.79. The molecule has 0 spiro atoms. The molecule has 1 rings (SSSR count). The highest BCUT2D eigenvalue weighted by Crippen LogP contribution is 2.13. The Bertz CT molecular complexity index is 293. The van der Waals surface area contributed by atoms with Crippen molar-refractivity contribution in [2.45, 2.75) is 18.0 Å². The first kappa shape index (κ1) is 13.4. The van der Waals surface area contributed by atoms with Gasteiger partial charge in [0.2, 0.25) is 5.16 Å². The van der Waals surface area contributed by atoms with Crippen molar-refractivity contribution in [3.63, 3.8) is 0 Å². The largest absolute Gasteiger partial charge is 0.384 e. The number of tetrazole rings is 1. The monoisotopic (exact) mass is 248 g/mol. The average Bonchev–Trinajstić information content (AvgIpc) is 2.74. The summed E-state index contributed by atoms with van der Waals surface area (Å²) in [7, 11) is 4.82. The topological polar surface area (TPSA) is 71.3 Å². The van der Waals surface area contributed by atoms with Crippen LogP contribution in [0.2, 0.25) is 0 Å². The third-order valence-electron chi connectivity index (χ3n) is 1.87. The standard InChI is InChI=1S/C8H16N4O3S/c1-13-4-5-16-8-9-10-11-12(8)6-7(14-2)15-3/h7H,4-6H2,1-3H3. The van der Waals surface area contributed by atoms with Crippen molar-refractivity contribution in [2.24, 2.45) is 0 Å². The highest BCUT2D eigenvalue weighted by Gasteiger charge is 2.12. The van der Waals surface area contributed by atoms with E-state index in [2.05, 4.69) is 15.5 Å². The zero-order valence-corrected chi connectivity index (χ0v) is 10.4. The highest BCUT2D eigenvalue weighted by molar-refractivity contribution is 7.99. The van der Waals surface area contributed by atoms with Crippen LogP contribution in [0.1, 0.15) is 0 Å². The van der Waals surface area contributed by atoms with Gasteiger partial charge in [0.1, 0.15) is 0 Å². The van der Waals surface area contributed by atoms with E-state index < -0.39 is 0 Å². The molecule has 1 heterocycles. The summed E-state index contributed by atoms with van der Waals surface area (Å²) in [4.78, 5) is 0. The molecular weight excluding hydrogens is 232 g/mol. The lowest BCUT2D eigenvalue weighted by Crippen LogP contribution is -2.22. The molecule has 0 atom stereocenters. The van der Waals surface area contributed by atoms with Gasteiger partial charge in [0.15, 0.2) is 6.29 Å². The minimum Gasteiger partial charge on any atom is -0.384 e. The van der Waals surface area contributed by atoms with E-state index in [1.54, 1.807) is 26.0 Å². The Labute approximate surface area is 98.4 Å². The number of methoxy groups -OCH3 is 3. The maximum atomic E-state index is 5.08. The molecule has 16 heavy (non-hydrogen) atoms. The summed E-state index contributed by atoms with van der Waals surface area (Å²) in [5.74, 6) is 0.807. The van der Waals surface area contributed by atoms with Gasteiger partial charge < -0.3 is 14.2 Å². The first-order valence-electron chi connectivity index (χ1n) is 4.75. The van der Waals surface area contributed by atoms with Crippen molar-refractivity contribution in [3.05, 3.63) is 0 Å². The van der Waals surface area contributed by atoms with Crippen LogP contribution in [0.5, 0.6) is 0 Å². The molecule has 0 bridgehead atoms. The minimum absolute atomic E-state index is 0.342. The van der Waals surface area contributed by atoms with Crippen LogP contribution in [0.3, 0.4) is 0 Å². The summed E-state index contributed by atoms with van der Waals surface area (Å²) in [5, 5.41) is 12.1. The van der Waals surface area contributed by atoms with Crippen LogP contribution in [0, 0.1) is 0 Å². The molecule has 0 fully saturated rings. The molecule has 8 heteroatoms. The summed E-state index contributed by atoms with van der Waals surface area (Å²) in [6.45, 7) is 1.13. The van der Waals surface area contributed by atoms with Gasteiger partial charge in [-0.15, -0.1) is 5.10 Å². The van der Waals surface area contributed by atoms with Gasteiger partial charge >= 0.3 is 0 Å². The van der Waals surface area contributed by atoms with Crippen molar-refractivity contribution in [1.82, 2.24) is 20.2 Å². The van der Waals surface area contributed by atoms with Gasteiger partial charge in [-0.05, 0) is 10.4 Å². The molecule has 1 aromatic heterocycles. The number of hydrogen-bond donors (Lipinski definition) is 0. The van der Waals surface area contributed by atoms with E-state index in [0.717, 1.165) is 10.9 Å². The van der Waals surface area contributed by atoms with E-state index in [0.29, 0.717) is 13.2 Å². The second-order valence-corrected chi connectivity index (χ2v) is 3.95. The van der Waals surface area contributed by atoms with E-state index in [4.69, 9.17) is 14.2 Å². The van der Waals surface area contributed by atoms with Crippen LogP contribution in [-0.2, 0) is 20.8 Å².